The highest BCUT2D eigenvalue weighted by molar-refractivity contribution is 5.86. The van der Waals surface area contributed by atoms with E-state index in [1.54, 1.807) is 12.1 Å². The van der Waals surface area contributed by atoms with Gasteiger partial charge in [-0.1, -0.05) is 50.2 Å². The molecule has 1 aromatic heterocycles. The van der Waals surface area contributed by atoms with E-state index < -0.39 is 28.9 Å². The van der Waals surface area contributed by atoms with Crippen LogP contribution in [0.1, 0.15) is 31.5 Å². The number of non-ortho nitro benzene ring substituents is 1. The Hall–Kier alpha value is -3.72. The molecule has 3 rings (SSSR count). The average Bonchev–Trinajstić information content (AvgIpc) is 3.09. The lowest BCUT2D eigenvalue weighted by molar-refractivity contribution is -0.384. The predicted octanol–water partition coefficient (Wildman–Crippen LogP) is 3.68. The number of hydrogen-bond donors (Lipinski definition) is 3. The van der Waals surface area contributed by atoms with Gasteiger partial charge in [-0.3, -0.25) is 25.0 Å². The van der Waals surface area contributed by atoms with Crippen molar-refractivity contribution in [2.24, 2.45) is 5.92 Å². The number of nitro groups is 1. The van der Waals surface area contributed by atoms with Crippen LogP contribution in [0.15, 0.2) is 54.7 Å². The van der Waals surface area contributed by atoms with Gasteiger partial charge in [0, 0.05) is 42.4 Å². The van der Waals surface area contributed by atoms with Crippen molar-refractivity contribution in [2.75, 3.05) is 0 Å². The van der Waals surface area contributed by atoms with E-state index in [1.165, 1.54) is 12.1 Å². The fraction of sp³-hybridized carbons (Fsp3) is 0.333. The van der Waals surface area contributed by atoms with E-state index in [-0.39, 0.29) is 18.0 Å². The number of nitrogens with one attached hydrogen (secondary N) is 1. The van der Waals surface area contributed by atoms with Gasteiger partial charge in [0.15, 0.2) is 0 Å². The van der Waals surface area contributed by atoms with Crippen molar-refractivity contribution < 1.29 is 24.7 Å². The molecule has 0 fully saturated rings. The summed E-state index contributed by atoms with van der Waals surface area (Å²) in [7, 11) is 0. The lowest BCUT2D eigenvalue weighted by atomic mass is 10.0. The molecule has 2 atom stereocenters. The van der Waals surface area contributed by atoms with Crippen molar-refractivity contribution in [3.05, 3.63) is 76.1 Å². The van der Waals surface area contributed by atoms with Crippen LogP contribution in [0.5, 0.6) is 0 Å². The standard InChI is InChI=1S/C24H27N3O6/c1-15(2)11-20(23(28)29)25-21(24(30)31)12-22-19-6-4-3-5-17(19)14-26(22)13-16-7-9-18(10-8-16)27(32)33/h3-10,14-15,20-21,25H,11-13H2,1-2H3,(H,28,29)(H,30,31). The third-order valence-corrected chi connectivity index (χ3v) is 5.52. The van der Waals surface area contributed by atoms with Gasteiger partial charge in [0.25, 0.3) is 5.69 Å². The van der Waals surface area contributed by atoms with E-state index >= 15 is 0 Å². The molecule has 0 saturated carbocycles. The third kappa shape index (κ3) is 5.95. The molecule has 0 saturated heterocycles. The molecule has 2 unspecified atom stereocenters. The van der Waals surface area contributed by atoms with Crippen LogP contribution < -0.4 is 5.32 Å². The Kier molecular flexibility index (Phi) is 7.44. The summed E-state index contributed by atoms with van der Waals surface area (Å²) in [5.74, 6) is -2.13. The molecule has 0 amide bonds. The van der Waals surface area contributed by atoms with E-state index in [4.69, 9.17) is 0 Å². The molecule has 1 heterocycles. The van der Waals surface area contributed by atoms with Crippen LogP contribution >= 0.6 is 0 Å². The van der Waals surface area contributed by atoms with E-state index in [0.717, 1.165) is 22.0 Å². The molecular formula is C24H27N3O6. The van der Waals surface area contributed by atoms with Crippen LogP contribution in [0, 0.1) is 16.0 Å². The lowest BCUT2D eigenvalue weighted by Gasteiger charge is -2.22. The number of fused-ring (bicyclic) bond motifs is 1. The monoisotopic (exact) mass is 453 g/mol. The maximum atomic E-state index is 12.0. The summed E-state index contributed by atoms with van der Waals surface area (Å²) in [4.78, 5) is 34.2. The van der Waals surface area contributed by atoms with Gasteiger partial charge in [0.2, 0.25) is 0 Å². The second-order valence-electron chi connectivity index (χ2n) is 8.50. The fourth-order valence-electron chi connectivity index (χ4n) is 3.93. The molecule has 3 aromatic rings. The molecule has 0 aliphatic carbocycles. The number of carboxylic acid groups (broad SMARTS) is 2. The Balaban J connectivity index is 1.93. The first-order valence-corrected chi connectivity index (χ1v) is 10.7. The van der Waals surface area contributed by atoms with Gasteiger partial charge in [-0.15, -0.1) is 0 Å². The zero-order chi connectivity index (χ0) is 24.1. The van der Waals surface area contributed by atoms with Crippen molar-refractivity contribution in [1.29, 1.82) is 0 Å². The van der Waals surface area contributed by atoms with Crippen LogP contribution in [0.25, 0.3) is 10.8 Å². The zero-order valence-electron chi connectivity index (χ0n) is 18.5. The maximum absolute atomic E-state index is 12.0. The Morgan fingerprint density at radius 2 is 1.67 bits per heavy atom. The average molecular weight is 453 g/mol. The zero-order valence-corrected chi connectivity index (χ0v) is 18.5. The number of benzene rings is 2. The topological polar surface area (TPSA) is 135 Å². The molecule has 0 aliphatic rings. The minimum Gasteiger partial charge on any atom is -0.480 e. The number of aliphatic carboxylic acids is 2. The first-order valence-electron chi connectivity index (χ1n) is 10.7. The van der Waals surface area contributed by atoms with Crippen LogP contribution in [-0.4, -0.2) is 43.7 Å². The summed E-state index contributed by atoms with van der Waals surface area (Å²) in [6.45, 7) is 4.16. The van der Waals surface area contributed by atoms with Crippen LogP contribution in [0.3, 0.4) is 0 Å². The molecule has 2 aromatic carbocycles. The number of nitrogens with zero attached hydrogens (tertiary/aromatic N) is 2. The third-order valence-electron chi connectivity index (χ3n) is 5.52. The number of aromatic nitrogens is 1. The lowest BCUT2D eigenvalue weighted by Crippen LogP contribution is -2.49. The molecule has 9 heteroatoms. The molecule has 0 aliphatic heterocycles. The fourth-order valence-corrected chi connectivity index (χ4v) is 3.93. The van der Waals surface area contributed by atoms with Crippen LogP contribution in [-0.2, 0) is 22.6 Å². The van der Waals surface area contributed by atoms with Crippen LogP contribution in [0.2, 0.25) is 0 Å². The molecule has 174 valence electrons. The normalized spacial score (nSPS) is 13.2. The minimum absolute atomic E-state index is 0.00310. The van der Waals surface area contributed by atoms with E-state index in [1.807, 2.05) is 48.9 Å². The SMILES string of the molecule is CC(C)CC(NC(Cc1c2ccccc2cn1Cc1ccc([N+](=O)[O-])cc1)C(=O)O)C(=O)O. The number of carboxylic acids is 2. The van der Waals surface area contributed by atoms with Crippen molar-refractivity contribution >= 4 is 28.4 Å². The molecular weight excluding hydrogens is 426 g/mol. The summed E-state index contributed by atoms with van der Waals surface area (Å²) < 4.78 is 1.92. The van der Waals surface area contributed by atoms with Gasteiger partial charge < -0.3 is 14.8 Å². The van der Waals surface area contributed by atoms with E-state index in [9.17, 15) is 29.9 Å². The molecule has 9 nitrogen and oxygen atoms in total. The van der Waals surface area contributed by atoms with Gasteiger partial charge in [-0.25, -0.2) is 0 Å². The van der Waals surface area contributed by atoms with Gasteiger partial charge in [-0.05, 0) is 23.3 Å². The predicted molar refractivity (Wildman–Crippen MR) is 123 cm³/mol. The quantitative estimate of drug-likeness (QED) is 0.298. The highest BCUT2D eigenvalue weighted by atomic mass is 16.6. The van der Waals surface area contributed by atoms with Gasteiger partial charge in [-0.2, -0.15) is 0 Å². The summed E-state index contributed by atoms with van der Waals surface area (Å²) in [6, 6.07) is 11.7. The van der Waals surface area contributed by atoms with Gasteiger partial charge >= 0.3 is 11.9 Å². The van der Waals surface area contributed by atoms with E-state index in [0.29, 0.717) is 13.0 Å². The summed E-state index contributed by atoms with van der Waals surface area (Å²) in [6.07, 6.45) is 2.30. The summed E-state index contributed by atoms with van der Waals surface area (Å²) in [5, 5.41) is 34.9. The van der Waals surface area contributed by atoms with Crippen molar-refractivity contribution in [1.82, 2.24) is 9.88 Å². The minimum atomic E-state index is -1.13. The van der Waals surface area contributed by atoms with Gasteiger partial charge in [0.05, 0.1) is 4.92 Å². The molecule has 0 spiro atoms. The number of nitro benzene ring substituents is 1. The first kappa shape index (κ1) is 23.9. The first-order chi connectivity index (χ1) is 15.7. The highest BCUT2D eigenvalue weighted by Gasteiger charge is 2.28. The molecule has 0 radical (unpaired) electrons. The highest BCUT2D eigenvalue weighted by Crippen LogP contribution is 2.25. The van der Waals surface area contributed by atoms with Crippen molar-refractivity contribution in [3.8, 4) is 0 Å². The summed E-state index contributed by atoms with van der Waals surface area (Å²) >= 11 is 0. The Labute approximate surface area is 190 Å². The van der Waals surface area contributed by atoms with Gasteiger partial charge in [0.1, 0.15) is 12.1 Å². The number of rotatable bonds is 11. The molecule has 3 N–H and O–H groups in total. The summed E-state index contributed by atoms with van der Waals surface area (Å²) in [5.41, 5.74) is 1.57. The maximum Gasteiger partial charge on any atom is 0.321 e. The van der Waals surface area contributed by atoms with E-state index in [2.05, 4.69) is 5.32 Å². The number of hydrogen-bond acceptors (Lipinski definition) is 5. The second kappa shape index (κ2) is 10.3. The Morgan fingerprint density at radius 3 is 2.24 bits per heavy atom. The molecule has 33 heavy (non-hydrogen) atoms. The Morgan fingerprint density at radius 1 is 1.03 bits per heavy atom. The van der Waals surface area contributed by atoms with Crippen LogP contribution in [0.4, 0.5) is 5.69 Å². The van der Waals surface area contributed by atoms with Crippen molar-refractivity contribution in [2.45, 2.75) is 45.3 Å². The number of carbonyl (C=O) groups is 2. The smallest absolute Gasteiger partial charge is 0.321 e. The molecule has 0 bridgehead atoms. The second-order valence-corrected chi connectivity index (χ2v) is 8.50. The largest absolute Gasteiger partial charge is 0.480 e. The van der Waals surface area contributed by atoms with Crippen molar-refractivity contribution in [3.63, 3.8) is 0 Å². The Bertz CT molecular complexity index is 1150.